The Morgan fingerprint density at radius 2 is 1.71 bits per heavy atom. The van der Waals surface area contributed by atoms with Crippen LogP contribution < -0.4 is 0 Å². The predicted octanol–water partition coefficient (Wildman–Crippen LogP) is 3.77. The van der Waals surface area contributed by atoms with E-state index in [-0.39, 0.29) is 13.2 Å². The van der Waals surface area contributed by atoms with Crippen molar-refractivity contribution in [1.82, 2.24) is 9.80 Å². The molecule has 0 saturated carbocycles. The van der Waals surface area contributed by atoms with Gasteiger partial charge in [-0.1, -0.05) is 26.2 Å². The van der Waals surface area contributed by atoms with E-state index in [1.165, 1.54) is 19.3 Å². The van der Waals surface area contributed by atoms with E-state index in [1.54, 1.807) is 13.8 Å². The molecule has 0 radical (unpaired) electrons. The molecule has 1 rings (SSSR count). The van der Waals surface area contributed by atoms with Crippen LogP contribution in [0, 0.1) is 0 Å². The highest BCUT2D eigenvalue weighted by Gasteiger charge is 2.35. The van der Waals surface area contributed by atoms with Crippen LogP contribution in [-0.4, -0.2) is 43.0 Å². The third-order valence-electron chi connectivity index (χ3n) is 3.19. The summed E-state index contributed by atoms with van der Waals surface area (Å²) in [6.45, 7) is 7.18. The minimum Gasteiger partial charge on any atom is -0.337 e. The lowest BCUT2D eigenvalue weighted by Crippen LogP contribution is -2.39. The lowest BCUT2D eigenvalue weighted by Gasteiger charge is -2.32. The summed E-state index contributed by atoms with van der Waals surface area (Å²) in [5.41, 5.74) is 0. The fraction of sp³-hybridized carbons (Fsp3) is 0.857. The van der Waals surface area contributed by atoms with Gasteiger partial charge in [0, 0.05) is 26.0 Å². The molecule has 1 aliphatic rings. The van der Waals surface area contributed by atoms with Crippen molar-refractivity contribution < 1.29 is 18.1 Å². The Kier molecular flexibility index (Phi) is 8.34. The lowest BCUT2D eigenvalue weighted by molar-refractivity contribution is -0.0448. The number of hydrogen-bond acceptors (Lipinski definition) is 6. The predicted molar refractivity (Wildman–Crippen MR) is 83.5 cm³/mol. The monoisotopic (exact) mass is 320 g/mol. The van der Waals surface area contributed by atoms with Crippen LogP contribution in [0.1, 0.15) is 46.5 Å². The molecule has 0 aromatic carbocycles. The van der Waals surface area contributed by atoms with Gasteiger partial charge < -0.3 is 9.80 Å². The molecule has 1 unspecified atom stereocenters. The van der Waals surface area contributed by atoms with Gasteiger partial charge in [0.25, 0.3) is 0 Å². The van der Waals surface area contributed by atoms with Gasteiger partial charge in [-0.15, -0.1) is 0 Å². The van der Waals surface area contributed by atoms with Gasteiger partial charge in [-0.25, -0.2) is 9.09 Å². The molecule has 0 N–H and O–H groups in total. The molecular weight excluding hydrogens is 291 g/mol. The largest absolute Gasteiger partial charge is 0.478 e. The number of phosphoric acid groups is 1. The molecule has 1 heterocycles. The van der Waals surface area contributed by atoms with Crippen LogP contribution in [0.15, 0.2) is 12.4 Å². The summed E-state index contributed by atoms with van der Waals surface area (Å²) in [6.07, 6.45) is 8.14. The number of hydrogen-bond donors (Lipinski definition) is 0. The highest BCUT2D eigenvalue weighted by molar-refractivity contribution is 7.48. The molecule has 0 saturated heterocycles. The Balaban J connectivity index is 2.58. The molecule has 21 heavy (non-hydrogen) atoms. The smallest absolute Gasteiger partial charge is 0.337 e. The fourth-order valence-corrected chi connectivity index (χ4v) is 3.47. The average Bonchev–Trinajstić information content (AvgIpc) is 2.76. The average molecular weight is 320 g/mol. The normalized spacial score (nSPS) is 18.8. The van der Waals surface area contributed by atoms with Crippen LogP contribution in [0.4, 0.5) is 0 Å². The van der Waals surface area contributed by atoms with Crippen LogP contribution in [0.5, 0.6) is 0 Å². The highest BCUT2D eigenvalue weighted by atomic mass is 31.2. The van der Waals surface area contributed by atoms with Crippen LogP contribution in [0.25, 0.3) is 0 Å². The van der Waals surface area contributed by atoms with E-state index >= 15 is 0 Å². The first-order chi connectivity index (χ1) is 10.1. The first kappa shape index (κ1) is 18.5. The molecule has 7 heteroatoms. The maximum Gasteiger partial charge on any atom is 0.478 e. The number of nitrogens with zero attached hydrogens (tertiary/aromatic N) is 2. The van der Waals surface area contributed by atoms with Gasteiger partial charge >= 0.3 is 7.82 Å². The van der Waals surface area contributed by atoms with Gasteiger partial charge in [0.1, 0.15) is 0 Å². The van der Waals surface area contributed by atoms with Gasteiger partial charge in [0.2, 0.25) is 6.35 Å². The molecule has 0 bridgehead atoms. The van der Waals surface area contributed by atoms with E-state index in [2.05, 4.69) is 6.92 Å². The summed E-state index contributed by atoms with van der Waals surface area (Å²) in [5, 5.41) is 0. The Morgan fingerprint density at radius 1 is 1.05 bits per heavy atom. The molecule has 1 atom stereocenters. The minimum atomic E-state index is -3.51. The van der Waals surface area contributed by atoms with Gasteiger partial charge in [0.15, 0.2) is 0 Å². The Bertz CT molecular complexity index is 355. The molecule has 0 amide bonds. The second-order valence-electron chi connectivity index (χ2n) is 4.98. The summed E-state index contributed by atoms with van der Waals surface area (Å²) in [6, 6.07) is 0. The maximum absolute atomic E-state index is 12.5. The molecule has 0 aromatic heterocycles. The summed E-state index contributed by atoms with van der Waals surface area (Å²) < 4.78 is 28.6. The summed E-state index contributed by atoms with van der Waals surface area (Å²) >= 11 is 0. The Morgan fingerprint density at radius 3 is 2.29 bits per heavy atom. The van der Waals surface area contributed by atoms with Crippen molar-refractivity contribution in [3.05, 3.63) is 12.4 Å². The zero-order chi connectivity index (χ0) is 15.7. The number of rotatable bonds is 11. The van der Waals surface area contributed by atoms with E-state index in [4.69, 9.17) is 13.6 Å². The maximum atomic E-state index is 12.5. The van der Waals surface area contributed by atoms with Gasteiger partial charge in [-0.2, -0.15) is 0 Å². The summed E-state index contributed by atoms with van der Waals surface area (Å²) in [5.74, 6) is 0. The third-order valence-corrected chi connectivity index (χ3v) is 4.79. The molecular formula is C14H29N2O4P. The summed E-state index contributed by atoms with van der Waals surface area (Å²) in [4.78, 5) is 3.89. The van der Waals surface area contributed by atoms with Crippen LogP contribution in [0.2, 0.25) is 0 Å². The molecule has 0 fully saturated rings. The minimum absolute atomic E-state index is 0.289. The van der Waals surface area contributed by atoms with Crippen molar-refractivity contribution in [2.24, 2.45) is 0 Å². The molecule has 6 nitrogen and oxygen atoms in total. The van der Waals surface area contributed by atoms with Crippen molar-refractivity contribution in [2.45, 2.75) is 52.8 Å². The molecule has 0 spiro atoms. The van der Waals surface area contributed by atoms with Crippen molar-refractivity contribution in [3.63, 3.8) is 0 Å². The highest BCUT2D eigenvalue weighted by Crippen LogP contribution is 2.51. The first-order valence-electron chi connectivity index (χ1n) is 7.79. The van der Waals surface area contributed by atoms with E-state index < -0.39 is 14.2 Å². The van der Waals surface area contributed by atoms with Crippen molar-refractivity contribution >= 4 is 7.82 Å². The molecule has 0 aliphatic carbocycles. The molecule has 0 aromatic rings. The van der Waals surface area contributed by atoms with Crippen molar-refractivity contribution in [2.75, 3.05) is 26.8 Å². The summed E-state index contributed by atoms with van der Waals surface area (Å²) in [7, 11) is -1.63. The van der Waals surface area contributed by atoms with Gasteiger partial charge in [-0.3, -0.25) is 9.05 Å². The van der Waals surface area contributed by atoms with E-state index in [1.807, 2.05) is 29.2 Å². The zero-order valence-electron chi connectivity index (χ0n) is 13.7. The Labute approximate surface area is 128 Å². The third kappa shape index (κ3) is 5.99. The van der Waals surface area contributed by atoms with E-state index in [0.717, 1.165) is 13.0 Å². The SMILES string of the molecule is CCCCCCN1C=CN(C)C1OP(=O)(OCC)OCC. The fourth-order valence-electron chi connectivity index (χ4n) is 2.14. The van der Waals surface area contributed by atoms with Crippen molar-refractivity contribution in [1.29, 1.82) is 0 Å². The molecule has 1 aliphatic heterocycles. The molecule has 124 valence electrons. The number of phosphoric ester groups is 1. The van der Waals surface area contributed by atoms with E-state index in [0.29, 0.717) is 0 Å². The van der Waals surface area contributed by atoms with Gasteiger partial charge in [-0.05, 0) is 20.3 Å². The van der Waals surface area contributed by atoms with Crippen molar-refractivity contribution in [3.8, 4) is 0 Å². The van der Waals surface area contributed by atoms with Crippen LogP contribution in [0.3, 0.4) is 0 Å². The lowest BCUT2D eigenvalue weighted by atomic mass is 10.2. The second kappa shape index (κ2) is 9.46. The Hall–Kier alpha value is -0.550. The zero-order valence-corrected chi connectivity index (χ0v) is 14.6. The quantitative estimate of drug-likeness (QED) is 0.427. The van der Waals surface area contributed by atoms with Crippen LogP contribution in [-0.2, 0) is 18.1 Å². The topological polar surface area (TPSA) is 51.2 Å². The van der Waals surface area contributed by atoms with Crippen LogP contribution >= 0.6 is 7.82 Å². The van der Waals surface area contributed by atoms with E-state index in [9.17, 15) is 4.57 Å². The second-order valence-corrected chi connectivity index (χ2v) is 6.60. The van der Waals surface area contributed by atoms with Gasteiger partial charge in [0.05, 0.1) is 13.2 Å². The first-order valence-corrected chi connectivity index (χ1v) is 9.25. The number of unbranched alkanes of at least 4 members (excludes halogenated alkanes) is 3. The standard InChI is InChI=1S/C14H29N2O4P/c1-5-8-9-10-11-16-13-12-15(4)14(16)20-21(17,18-6-2)19-7-3/h12-14H,5-11H2,1-4H3.